The number of aryl methyl sites for hydroxylation is 1. The zero-order chi connectivity index (χ0) is 8.27. The van der Waals surface area contributed by atoms with E-state index < -0.39 is 5.97 Å². The predicted molar refractivity (Wildman–Crippen MR) is 47.0 cm³/mol. The third-order valence-electron chi connectivity index (χ3n) is 1.12. The van der Waals surface area contributed by atoms with Crippen molar-refractivity contribution < 1.29 is 9.90 Å². The van der Waals surface area contributed by atoms with Gasteiger partial charge in [0.2, 0.25) is 0 Å². The Morgan fingerprint density at radius 1 is 1.75 bits per heavy atom. The van der Waals surface area contributed by atoms with Crippen LogP contribution in [0.15, 0.2) is 18.6 Å². The van der Waals surface area contributed by atoms with E-state index in [-0.39, 0.29) is 29.6 Å². The van der Waals surface area contributed by atoms with E-state index in [1.54, 1.807) is 17.1 Å². The molecule has 0 fully saturated rings. The van der Waals surface area contributed by atoms with Gasteiger partial charge in [0.05, 0.1) is 12.0 Å². The van der Waals surface area contributed by atoms with Gasteiger partial charge >= 0.3 is 35.5 Å². The van der Waals surface area contributed by atoms with Gasteiger partial charge in [-0.15, -0.1) is 0 Å². The van der Waals surface area contributed by atoms with Crippen LogP contribution in [0.3, 0.4) is 0 Å². The number of hydrogen-bond acceptors (Lipinski definition) is 2. The molecule has 5 heteroatoms. The Kier molecular flexibility index (Phi) is 4.89. The summed E-state index contributed by atoms with van der Waals surface area (Å²) in [7, 11) is 1.82. The Morgan fingerprint density at radius 2 is 2.42 bits per heavy atom. The molecule has 1 heterocycles. The van der Waals surface area contributed by atoms with E-state index >= 15 is 0 Å². The second-order valence-electron chi connectivity index (χ2n) is 2.14. The van der Waals surface area contributed by atoms with Crippen molar-refractivity contribution >= 4 is 41.6 Å². The summed E-state index contributed by atoms with van der Waals surface area (Å²) in [6, 6.07) is 0. The number of carbonyl (C=O) groups is 1. The number of imidazole rings is 1. The number of rotatable bonds is 2. The van der Waals surface area contributed by atoms with Crippen molar-refractivity contribution in [3.05, 3.63) is 24.3 Å². The second kappa shape index (κ2) is 5.13. The molecule has 0 unspecified atom stereocenters. The minimum absolute atomic E-state index is 0. The van der Waals surface area contributed by atoms with Crippen LogP contribution >= 0.6 is 0 Å². The van der Waals surface area contributed by atoms with Gasteiger partial charge in [0.1, 0.15) is 0 Å². The normalized spacial score (nSPS) is 9.75. The second-order valence-corrected chi connectivity index (χ2v) is 2.14. The quantitative estimate of drug-likeness (QED) is 0.504. The predicted octanol–water partition coefficient (Wildman–Crippen LogP) is -0.131. The first-order chi connectivity index (χ1) is 5.18. The molecule has 0 aliphatic heterocycles. The fourth-order valence-corrected chi connectivity index (χ4v) is 0.676. The van der Waals surface area contributed by atoms with Crippen LogP contribution in [0.4, 0.5) is 0 Å². The van der Waals surface area contributed by atoms with Gasteiger partial charge in [-0.25, -0.2) is 9.78 Å². The standard InChI is InChI=1S/C7H8N2O2.Na.H/c1-9-4-6(8-5-9)2-3-7(10)11;;/h2-5H,1H3,(H,10,11);;. The molecule has 60 valence electrons. The number of hydrogen-bond donors (Lipinski definition) is 1. The first-order valence-electron chi connectivity index (χ1n) is 3.07. The van der Waals surface area contributed by atoms with Gasteiger partial charge in [-0.2, -0.15) is 0 Å². The molecule has 0 aromatic carbocycles. The van der Waals surface area contributed by atoms with Crippen LogP contribution in [0.5, 0.6) is 0 Å². The molecule has 1 rings (SSSR count). The van der Waals surface area contributed by atoms with Crippen molar-refractivity contribution in [2.24, 2.45) is 7.05 Å². The molecule has 0 bridgehead atoms. The molecule has 0 atom stereocenters. The molecule has 0 aliphatic carbocycles. The molecule has 1 aromatic rings. The summed E-state index contributed by atoms with van der Waals surface area (Å²) >= 11 is 0. The van der Waals surface area contributed by atoms with Gasteiger partial charge in [0, 0.05) is 19.3 Å². The summed E-state index contributed by atoms with van der Waals surface area (Å²) in [5, 5.41) is 8.26. The zero-order valence-corrected chi connectivity index (χ0v) is 6.06. The van der Waals surface area contributed by atoms with E-state index in [9.17, 15) is 4.79 Å². The number of aliphatic carboxylic acids is 1. The molecule has 0 amide bonds. The van der Waals surface area contributed by atoms with Crippen molar-refractivity contribution in [1.29, 1.82) is 0 Å². The zero-order valence-electron chi connectivity index (χ0n) is 6.06. The SMILES string of the molecule is Cn1cnc(C=CC(=O)O)c1.[NaH]. The van der Waals surface area contributed by atoms with E-state index in [4.69, 9.17) is 5.11 Å². The van der Waals surface area contributed by atoms with Gasteiger partial charge in [0.25, 0.3) is 0 Å². The number of aromatic nitrogens is 2. The molecule has 0 radical (unpaired) electrons. The van der Waals surface area contributed by atoms with Crippen LogP contribution < -0.4 is 0 Å². The Balaban J connectivity index is 0.00000121. The van der Waals surface area contributed by atoms with Gasteiger partial charge in [0.15, 0.2) is 0 Å². The molecular formula is C7H9N2NaO2. The van der Waals surface area contributed by atoms with E-state index in [0.717, 1.165) is 6.08 Å². The van der Waals surface area contributed by atoms with Crippen LogP contribution in [0.25, 0.3) is 6.08 Å². The Bertz CT molecular complexity index is 293. The fourth-order valence-electron chi connectivity index (χ4n) is 0.676. The van der Waals surface area contributed by atoms with Crippen molar-refractivity contribution in [1.82, 2.24) is 9.55 Å². The van der Waals surface area contributed by atoms with Gasteiger partial charge in [-0.1, -0.05) is 0 Å². The molecule has 0 saturated heterocycles. The molecule has 4 nitrogen and oxygen atoms in total. The Labute approximate surface area is 92.2 Å². The third kappa shape index (κ3) is 3.71. The van der Waals surface area contributed by atoms with Crippen molar-refractivity contribution in [2.45, 2.75) is 0 Å². The van der Waals surface area contributed by atoms with Crippen LogP contribution in [0.1, 0.15) is 5.69 Å². The molecule has 1 N–H and O–H groups in total. The van der Waals surface area contributed by atoms with E-state index in [1.165, 1.54) is 6.08 Å². The van der Waals surface area contributed by atoms with Crippen LogP contribution in [0, 0.1) is 0 Å². The average Bonchev–Trinajstić information content (AvgIpc) is 2.31. The van der Waals surface area contributed by atoms with Gasteiger partial charge in [-0.3, -0.25) is 0 Å². The molecule has 0 aliphatic rings. The third-order valence-corrected chi connectivity index (χ3v) is 1.12. The summed E-state index contributed by atoms with van der Waals surface area (Å²) in [5.74, 6) is -0.962. The minimum atomic E-state index is -0.962. The summed E-state index contributed by atoms with van der Waals surface area (Å²) in [5.41, 5.74) is 0.648. The maximum atomic E-state index is 10.1. The molecule has 12 heavy (non-hydrogen) atoms. The first-order valence-corrected chi connectivity index (χ1v) is 3.07. The van der Waals surface area contributed by atoms with E-state index in [2.05, 4.69) is 4.98 Å². The monoisotopic (exact) mass is 176 g/mol. The van der Waals surface area contributed by atoms with E-state index in [1.807, 2.05) is 7.05 Å². The summed E-state index contributed by atoms with van der Waals surface area (Å²) < 4.78 is 1.75. The van der Waals surface area contributed by atoms with Crippen molar-refractivity contribution in [3.63, 3.8) is 0 Å². The Hall–Kier alpha value is -0.580. The average molecular weight is 176 g/mol. The van der Waals surface area contributed by atoms with Crippen LogP contribution in [-0.4, -0.2) is 50.2 Å². The topological polar surface area (TPSA) is 55.1 Å². The maximum absolute atomic E-state index is 10.1. The van der Waals surface area contributed by atoms with Crippen molar-refractivity contribution in [2.75, 3.05) is 0 Å². The van der Waals surface area contributed by atoms with Crippen LogP contribution in [-0.2, 0) is 11.8 Å². The first kappa shape index (κ1) is 11.4. The number of carboxylic acid groups (broad SMARTS) is 1. The van der Waals surface area contributed by atoms with Gasteiger partial charge in [-0.05, 0) is 6.08 Å². The van der Waals surface area contributed by atoms with Crippen molar-refractivity contribution in [3.8, 4) is 0 Å². The number of nitrogens with zero attached hydrogens (tertiary/aromatic N) is 2. The number of carboxylic acids is 1. The Morgan fingerprint density at radius 3 is 2.83 bits per heavy atom. The van der Waals surface area contributed by atoms with Crippen LogP contribution in [0.2, 0.25) is 0 Å². The summed E-state index contributed by atoms with van der Waals surface area (Å²) in [6.07, 6.45) is 5.85. The molecule has 0 spiro atoms. The van der Waals surface area contributed by atoms with E-state index in [0.29, 0.717) is 5.69 Å². The molecular weight excluding hydrogens is 167 g/mol. The molecule has 1 aromatic heterocycles. The summed E-state index contributed by atoms with van der Waals surface area (Å²) in [4.78, 5) is 14.0. The van der Waals surface area contributed by atoms with Gasteiger partial charge < -0.3 is 9.67 Å². The molecule has 0 saturated carbocycles. The summed E-state index contributed by atoms with van der Waals surface area (Å²) in [6.45, 7) is 0. The fraction of sp³-hybridized carbons (Fsp3) is 0.143.